The number of hydrogen-bond acceptors (Lipinski definition) is 2. The van der Waals surface area contributed by atoms with Crippen LogP contribution in [0, 0.1) is 58.2 Å². The number of hydrogen-bond donors (Lipinski definition) is 0. The molecule has 5 saturated carbocycles. The molecule has 0 aromatic rings. The average Bonchev–Trinajstić information content (AvgIpc) is 3.56. The van der Waals surface area contributed by atoms with E-state index in [0.717, 1.165) is 60.2 Å². The Bertz CT molecular complexity index is 750. The normalized spacial score (nSPS) is 54.6. The van der Waals surface area contributed by atoms with E-state index in [1.807, 2.05) is 6.92 Å². The van der Waals surface area contributed by atoms with E-state index in [9.17, 15) is 9.59 Å². The number of ketones is 2. The predicted octanol–water partition coefficient (Wildman–Crippen LogP) is 5.85. The minimum Gasteiger partial charge on any atom is -0.300 e. The number of carbonyl (C=O) groups excluding carboxylic acids is 2. The van der Waals surface area contributed by atoms with E-state index in [1.165, 1.54) is 19.3 Å². The van der Waals surface area contributed by atoms with Gasteiger partial charge in [-0.1, -0.05) is 33.3 Å². The van der Waals surface area contributed by atoms with Gasteiger partial charge in [0, 0.05) is 12.8 Å². The van der Waals surface area contributed by atoms with Gasteiger partial charge in [-0.15, -0.1) is 0 Å². The molecule has 28 heavy (non-hydrogen) atoms. The molecule has 0 heterocycles. The number of allylic oxidation sites excluding steroid dienone is 1. The highest BCUT2D eigenvalue weighted by Gasteiger charge is 2.73. The van der Waals surface area contributed by atoms with Crippen LogP contribution in [0.3, 0.4) is 0 Å². The Hall–Kier alpha value is -0.920. The van der Waals surface area contributed by atoms with Crippen LogP contribution in [0.5, 0.6) is 0 Å². The van der Waals surface area contributed by atoms with Crippen molar-refractivity contribution in [3.05, 3.63) is 11.6 Å². The van der Waals surface area contributed by atoms with E-state index < -0.39 is 0 Å². The molecular formula is C26H38O2. The van der Waals surface area contributed by atoms with Crippen molar-refractivity contribution < 1.29 is 9.59 Å². The molecule has 6 aliphatic carbocycles. The lowest BCUT2D eigenvalue weighted by atomic mass is 9.46. The first-order valence-electron chi connectivity index (χ1n) is 12.0. The van der Waals surface area contributed by atoms with Gasteiger partial charge in [0.15, 0.2) is 5.78 Å². The van der Waals surface area contributed by atoms with E-state index in [2.05, 4.69) is 26.8 Å². The van der Waals surface area contributed by atoms with Gasteiger partial charge >= 0.3 is 0 Å². The maximum atomic E-state index is 12.0. The Labute approximate surface area is 170 Å². The molecule has 0 aliphatic heterocycles. The van der Waals surface area contributed by atoms with Gasteiger partial charge in [-0.25, -0.2) is 0 Å². The summed E-state index contributed by atoms with van der Waals surface area (Å²) in [4.78, 5) is 21.9. The molecular weight excluding hydrogens is 344 g/mol. The molecule has 5 fully saturated rings. The van der Waals surface area contributed by atoms with Gasteiger partial charge < -0.3 is 4.79 Å². The predicted molar refractivity (Wildman–Crippen MR) is 112 cm³/mol. The largest absolute Gasteiger partial charge is 0.300 e. The van der Waals surface area contributed by atoms with Gasteiger partial charge in [-0.3, -0.25) is 4.79 Å². The fraction of sp³-hybridized carbons (Fsp3) is 0.846. The van der Waals surface area contributed by atoms with Crippen molar-refractivity contribution in [1.82, 2.24) is 0 Å². The quantitative estimate of drug-likeness (QED) is 0.570. The van der Waals surface area contributed by atoms with Crippen LogP contribution in [0.4, 0.5) is 0 Å². The summed E-state index contributed by atoms with van der Waals surface area (Å²) < 4.78 is 0. The Morgan fingerprint density at radius 2 is 1.86 bits per heavy atom. The highest BCUT2D eigenvalue weighted by Crippen LogP contribution is 2.79. The van der Waals surface area contributed by atoms with Gasteiger partial charge in [0.2, 0.25) is 0 Å². The first-order valence-corrected chi connectivity index (χ1v) is 12.0. The molecule has 0 aromatic heterocycles. The molecule has 0 saturated heterocycles. The zero-order chi connectivity index (χ0) is 20.0. The zero-order valence-corrected chi connectivity index (χ0v) is 18.5. The van der Waals surface area contributed by atoms with Crippen LogP contribution in [-0.2, 0) is 9.59 Å². The fourth-order valence-electron chi connectivity index (χ4n) is 8.71. The summed E-state index contributed by atoms with van der Waals surface area (Å²) in [5, 5.41) is 0. The van der Waals surface area contributed by atoms with Crippen molar-refractivity contribution in [3.63, 3.8) is 0 Å². The van der Waals surface area contributed by atoms with Crippen LogP contribution < -0.4 is 0 Å². The van der Waals surface area contributed by atoms with Crippen molar-refractivity contribution >= 4 is 11.6 Å². The molecule has 0 bridgehead atoms. The third-order valence-corrected chi connectivity index (χ3v) is 10.6. The minimum absolute atomic E-state index is 0.255. The minimum atomic E-state index is 0.255. The summed E-state index contributed by atoms with van der Waals surface area (Å²) in [5.74, 6) is 8.42. The second kappa shape index (κ2) is 6.05. The lowest BCUT2D eigenvalue weighted by Crippen LogP contribution is -2.52. The molecule has 6 rings (SSSR count). The van der Waals surface area contributed by atoms with E-state index in [1.54, 1.807) is 18.9 Å². The molecule has 2 nitrogen and oxygen atoms in total. The topological polar surface area (TPSA) is 34.1 Å². The van der Waals surface area contributed by atoms with E-state index in [0.29, 0.717) is 23.0 Å². The van der Waals surface area contributed by atoms with Crippen molar-refractivity contribution in [2.45, 2.75) is 79.6 Å². The van der Waals surface area contributed by atoms with Crippen LogP contribution in [0.15, 0.2) is 11.6 Å². The van der Waals surface area contributed by atoms with Gasteiger partial charge in [0.05, 0.1) is 0 Å². The molecule has 0 aromatic carbocycles. The highest BCUT2D eigenvalue weighted by molar-refractivity contribution is 5.92. The molecule has 10 atom stereocenters. The number of rotatable bonds is 1. The van der Waals surface area contributed by atoms with Crippen molar-refractivity contribution in [2.24, 2.45) is 58.2 Å². The molecule has 0 spiro atoms. The average molecular weight is 383 g/mol. The molecule has 0 N–H and O–H groups in total. The molecule has 0 radical (unpaired) electrons. The summed E-state index contributed by atoms with van der Waals surface area (Å²) in [6, 6.07) is 0. The zero-order valence-electron chi connectivity index (χ0n) is 18.5. The van der Waals surface area contributed by atoms with Gasteiger partial charge in [-0.2, -0.15) is 0 Å². The maximum Gasteiger partial charge on any atom is 0.155 e. The summed E-state index contributed by atoms with van der Waals surface area (Å²) in [6.45, 7) is 11.2. The van der Waals surface area contributed by atoms with Gasteiger partial charge in [-0.05, 0) is 103 Å². The fourth-order valence-corrected chi connectivity index (χ4v) is 8.71. The van der Waals surface area contributed by atoms with E-state index >= 15 is 0 Å². The van der Waals surface area contributed by atoms with Gasteiger partial charge in [0.1, 0.15) is 5.78 Å². The summed E-state index contributed by atoms with van der Waals surface area (Å²) in [6.07, 6.45) is 10.6. The van der Waals surface area contributed by atoms with Crippen LogP contribution in [0.1, 0.15) is 79.6 Å². The van der Waals surface area contributed by atoms with Crippen molar-refractivity contribution in [3.8, 4) is 0 Å². The van der Waals surface area contributed by atoms with Crippen LogP contribution in [-0.4, -0.2) is 11.6 Å². The highest BCUT2D eigenvalue weighted by atomic mass is 16.1. The summed E-state index contributed by atoms with van der Waals surface area (Å²) in [7, 11) is 0. The SMILES string of the molecule is CC1C2CC2C2C3C4CC4C4=CC(=O)CCC4(C)C3CCC12C.CCC(C)=O. The Balaban J connectivity index is 0.000000308. The Morgan fingerprint density at radius 1 is 1.14 bits per heavy atom. The van der Waals surface area contributed by atoms with Crippen molar-refractivity contribution in [2.75, 3.05) is 0 Å². The Morgan fingerprint density at radius 3 is 2.54 bits per heavy atom. The van der Waals surface area contributed by atoms with Crippen LogP contribution in [0.25, 0.3) is 0 Å². The Kier molecular flexibility index (Phi) is 4.12. The lowest BCUT2D eigenvalue weighted by molar-refractivity contribution is -0.118. The molecule has 154 valence electrons. The first kappa shape index (κ1) is 19.1. The number of fused-ring (bicyclic) bond motifs is 10. The van der Waals surface area contributed by atoms with Crippen LogP contribution in [0.2, 0.25) is 0 Å². The summed E-state index contributed by atoms with van der Waals surface area (Å²) >= 11 is 0. The molecule has 10 unspecified atom stereocenters. The molecule has 6 aliphatic rings. The van der Waals surface area contributed by atoms with E-state index in [4.69, 9.17) is 0 Å². The number of carbonyl (C=O) groups is 2. The maximum absolute atomic E-state index is 12.0. The monoisotopic (exact) mass is 382 g/mol. The third kappa shape index (κ3) is 2.45. The summed E-state index contributed by atoms with van der Waals surface area (Å²) in [5.41, 5.74) is 2.61. The van der Waals surface area contributed by atoms with Crippen molar-refractivity contribution in [1.29, 1.82) is 0 Å². The first-order chi connectivity index (χ1) is 13.2. The number of Topliss-reactive ketones (excluding diaryl/α,β-unsaturated/α-hetero) is 1. The second-order valence-corrected chi connectivity index (χ2v) is 11.7. The third-order valence-electron chi connectivity index (χ3n) is 10.6. The van der Waals surface area contributed by atoms with Crippen LogP contribution >= 0.6 is 0 Å². The van der Waals surface area contributed by atoms with Gasteiger partial charge in [0.25, 0.3) is 0 Å². The smallest absolute Gasteiger partial charge is 0.155 e. The van der Waals surface area contributed by atoms with E-state index in [-0.39, 0.29) is 5.78 Å². The lowest BCUT2D eigenvalue weighted by Gasteiger charge is -2.58. The molecule has 2 heteroatoms. The standard InChI is InChI=1S/C22H30O.C4H8O/c1-11-13-9-16(13)20-19-15-10-14(15)18-8-12(23)4-6-22(18,3)17(19)5-7-21(11,20)2;1-3-4(2)5/h8,11,13-17,19-20H,4-7,9-10H2,1-3H3;3H2,1-2H3. The molecule has 0 amide bonds. The second-order valence-electron chi connectivity index (χ2n) is 11.7.